The first-order chi connectivity index (χ1) is 8.31. The maximum Gasteiger partial charge on any atom is 0.407 e. The number of nitrogens with one attached hydrogen (secondary N) is 1. The number of hydrogen-bond donors (Lipinski definition) is 1. The van der Waals surface area contributed by atoms with Crippen LogP contribution in [0.15, 0.2) is 18.2 Å². The average molecular weight is 270 g/mol. The second kappa shape index (κ2) is 5.87. The highest BCUT2D eigenvalue weighted by Crippen LogP contribution is 2.16. The number of carbonyl (C=O) groups is 2. The van der Waals surface area contributed by atoms with Gasteiger partial charge in [-0.2, -0.15) is 0 Å². The van der Waals surface area contributed by atoms with Crippen molar-refractivity contribution in [1.82, 2.24) is 5.32 Å². The van der Waals surface area contributed by atoms with E-state index >= 15 is 0 Å². The molecule has 0 unspecified atom stereocenters. The van der Waals surface area contributed by atoms with E-state index in [2.05, 4.69) is 5.32 Å². The Morgan fingerprint density at radius 3 is 2.61 bits per heavy atom. The van der Waals surface area contributed by atoms with E-state index in [9.17, 15) is 9.59 Å². The topological polar surface area (TPSA) is 55.4 Å². The lowest BCUT2D eigenvalue weighted by molar-refractivity contribution is 0.0523. The summed E-state index contributed by atoms with van der Waals surface area (Å²) in [5.41, 5.74) is 0.706. The molecule has 98 valence electrons. The number of carbonyl (C=O) groups excluding carboxylic acids is 2. The standard InChI is InChI=1S/C13H16ClNO3/c1-13(2,3)18-12(17)15-7-9-4-5-10(8-16)11(14)6-9/h4-6,8H,7H2,1-3H3,(H,15,17). The first-order valence-corrected chi connectivity index (χ1v) is 5.90. The van der Waals surface area contributed by atoms with Crippen molar-refractivity contribution in [3.63, 3.8) is 0 Å². The zero-order valence-corrected chi connectivity index (χ0v) is 11.4. The van der Waals surface area contributed by atoms with E-state index in [4.69, 9.17) is 16.3 Å². The van der Waals surface area contributed by atoms with Gasteiger partial charge in [-0.3, -0.25) is 4.79 Å². The second-order valence-electron chi connectivity index (χ2n) is 4.83. The van der Waals surface area contributed by atoms with Crippen LogP contribution in [0.4, 0.5) is 4.79 Å². The van der Waals surface area contributed by atoms with Gasteiger partial charge >= 0.3 is 6.09 Å². The summed E-state index contributed by atoms with van der Waals surface area (Å²) in [7, 11) is 0. The zero-order valence-electron chi connectivity index (χ0n) is 10.6. The molecule has 1 amide bonds. The quantitative estimate of drug-likeness (QED) is 0.858. The van der Waals surface area contributed by atoms with Gasteiger partial charge in [0.25, 0.3) is 0 Å². The third-order valence-electron chi connectivity index (χ3n) is 2.03. The van der Waals surface area contributed by atoms with Crippen molar-refractivity contribution >= 4 is 24.0 Å². The van der Waals surface area contributed by atoms with Gasteiger partial charge in [0.2, 0.25) is 0 Å². The largest absolute Gasteiger partial charge is 0.444 e. The molecular weight excluding hydrogens is 254 g/mol. The second-order valence-corrected chi connectivity index (χ2v) is 5.24. The van der Waals surface area contributed by atoms with Crippen molar-refractivity contribution in [3.05, 3.63) is 34.3 Å². The third kappa shape index (κ3) is 4.75. The minimum Gasteiger partial charge on any atom is -0.444 e. The van der Waals surface area contributed by atoms with Crippen molar-refractivity contribution in [3.8, 4) is 0 Å². The molecule has 0 fully saturated rings. The number of halogens is 1. The highest BCUT2D eigenvalue weighted by Gasteiger charge is 2.15. The maximum atomic E-state index is 11.4. The molecule has 0 atom stereocenters. The minimum atomic E-state index is -0.525. The van der Waals surface area contributed by atoms with Crippen molar-refractivity contribution in [1.29, 1.82) is 0 Å². The van der Waals surface area contributed by atoms with Gasteiger partial charge in [-0.1, -0.05) is 17.7 Å². The number of ether oxygens (including phenoxy) is 1. The van der Waals surface area contributed by atoms with Gasteiger partial charge < -0.3 is 10.1 Å². The molecule has 4 nitrogen and oxygen atoms in total. The van der Waals surface area contributed by atoms with E-state index in [0.29, 0.717) is 23.4 Å². The van der Waals surface area contributed by atoms with Crippen LogP contribution in [-0.4, -0.2) is 18.0 Å². The maximum absolute atomic E-state index is 11.4. The van der Waals surface area contributed by atoms with Gasteiger partial charge in [-0.05, 0) is 38.5 Å². The minimum absolute atomic E-state index is 0.299. The van der Waals surface area contributed by atoms with Gasteiger partial charge in [0.05, 0.1) is 5.02 Å². The molecule has 18 heavy (non-hydrogen) atoms. The number of aldehydes is 1. The lowest BCUT2D eigenvalue weighted by Gasteiger charge is -2.19. The molecule has 0 aliphatic heterocycles. The number of rotatable bonds is 3. The van der Waals surface area contributed by atoms with Crippen molar-refractivity contribution in [2.45, 2.75) is 32.9 Å². The SMILES string of the molecule is CC(C)(C)OC(=O)NCc1ccc(C=O)c(Cl)c1. The van der Waals surface area contributed by atoms with Crippen LogP contribution in [0.5, 0.6) is 0 Å². The summed E-state index contributed by atoms with van der Waals surface area (Å²) in [5.74, 6) is 0. The van der Waals surface area contributed by atoms with Crippen LogP contribution >= 0.6 is 11.6 Å². The predicted molar refractivity (Wildman–Crippen MR) is 69.9 cm³/mol. The number of benzene rings is 1. The summed E-state index contributed by atoms with van der Waals surface area (Å²) in [5, 5.41) is 2.98. The van der Waals surface area contributed by atoms with Crippen LogP contribution in [0.1, 0.15) is 36.7 Å². The summed E-state index contributed by atoms with van der Waals surface area (Å²) in [6.07, 6.45) is 0.200. The monoisotopic (exact) mass is 269 g/mol. The van der Waals surface area contributed by atoms with Crippen LogP contribution in [0.3, 0.4) is 0 Å². The summed E-state index contributed by atoms with van der Waals surface area (Å²) in [4.78, 5) is 22.0. The lowest BCUT2D eigenvalue weighted by Crippen LogP contribution is -2.32. The Morgan fingerprint density at radius 1 is 1.44 bits per heavy atom. The molecule has 0 aliphatic rings. The summed E-state index contributed by atoms with van der Waals surface area (Å²) in [6.45, 7) is 5.68. The van der Waals surface area contributed by atoms with Crippen LogP contribution in [0.25, 0.3) is 0 Å². The molecule has 0 saturated heterocycles. The summed E-state index contributed by atoms with van der Waals surface area (Å²) >= 11 is 5.88. The van der Waals surface area contributed by atoms with Gasteiger partial charge in [0.15, 0.2) is 6.29 Å². The zero-order chi connectivity index (χ0) is 13.8. The van der Waals surface area contributed by atoms with Gasteiger partial charge in [-0.15, -0.1) is 0 Å². The Kier molecular flexibility index (Phi) is 4.73. The molecule has 0 radical (unpaired) electrons. The average Bonchev–Trinajstić information content (AvgIpc) is 2.24. The molecule has 1 aromatic rings. The first-order valence-electron chi connectivity index (χ1n) is 5.52. The van der Waals surface area contributed by atoms with Gasteiger partial charge in [0, 0.05) is 12.1 Å². The van der Waals surface area contributed by atoms with Crippen LogP contribution < -0.4 is 5.32 Å². The van der Waals surface area contributed by atoms with E-state index < -0.39 is 11.7 Å². The van der Waals surface area contributed by atoms with E-state index in [1.165, 1.54) is 0 Å². The molecule has 0 heterocycles. The Hall–Kier alpha value is -1.55. The van der Waals surface area contributed by atoms with Crippen molar-refractivity contribution in [2.24, 2.45) is 0 Å². The van der Waals surface area contributed by atoms with Gasteiger partial charge in [0.1, 0.15) is 5.60 Å². The predicted octanol–water partition coefficient (Wildman–Crippen LogP) is 3.18. The Balaban J connectivity index is 2.56. The first kappa shape index (κ1) is 14.5. The molecule has 1 rings (SSSR count). The third-order valence-corrected chi connectivity index (χ3v) is 2.35. The highest BCUT2D eigenvalue weighted by molar-refractivity contribution is 6.33. The van der Waals surface area contributed by atoms with E-state index in [0.717, 1.165) is 5.56 Å². The number of hydrogen-bond acceptors (Lipinski definition) is 3. The van der Waals surface area contributed by atoms with Crippen LogP contribution in [0.2, 0.25) is 5.02 Å². The van der Waals surface area contributed by atoms with E-state index in [1.54, 1.807) is 39.0 Å². The normalized spacial score (nSPS) is 10.9. The lowest BCUT2D eigenvalue weighted by atomic mass is 10.1. The number of amides is 1. The smallest absolute Gasteiger partial charge is 0.407 e. The Morgan fingerprint density at radius 2 is 2.11 bits per heavy atom. The van der Waals surface area contributed by atoms with Crippen molar-refractivity contribution < 1.29 is 14.3 Å². The number of alkyl carbamates (subject to hydrolysis) is 1. The molecule has 0 spiro atoms. The molecule has 5 heteroatoms. The fraction of sp³-hybridized carbons (Fsp3) is 0.385. The van der Waals surface area contributed by atoms with Crippen LogP contribution in [0, 0.1) is 0 Å². The fourth-order valence-corrected chi connectivity index (χ4v) is 1.51. The Labute approximate surface area is 111 Å². The molecular formula is C13H16ClNO3. The molecule has 0 saturated carbocycles. The summed E-state index contributed by atoms with van der Waals surface area (Å²) in [6, 6.07) is 4.98. The molecule has 1 N–H and O–H groups in total. The van der Waals surface area contributed by atoms with E-state index in [1.807, 2.05) is 0 Å². The van der Waals surface area contributed by atoms with Gasteiger partial charge in [-0.25, -0.2) is 4.79 Å². The van der Waals surface area contributed by atoms with Crippen LogP contribution in [-0.2, 0) is 11.3 Å². The molecule has 0 aromatic heterocycles. The Bertz CT molecular complexity index is 452. The van der Waals surface area contributed by atoms with E-state index in [-0.39, 0.29) is 0 Å². The molecule has 0 aliphatic carbocycles. The summed E-state index contributed by atoms with van der Waals surface area (Å²) < 4.78 is 5.10. The molecule has 1 aromatic carbocycles. The van der Waals surface area contributed by atoms with Crippen molar-refractivity contribution in [2.75, 3.05) is 0 Å². The molecule has 0 bridgehead atoms. The highest BCUT2D eigenvalue weighted by atomic mass is 35.5. The fourth-order valence-electron chi connectivity index (χ4n) is 1.26.